The Balaban J connectivity index is 2.04. The fraction of sp³-hybridized carbons (Fsp3) is 0.250. The Morgan fingerprint density at radius 1 is 1.27 bits per heavy atom. The number of carbonyl (C=O) groups excluding carboxylic acids is 1. The first kappa shape index (κ1) is 18.2. The SMILES string of the molecule is CC(=O)c1ncc(C(Oc2nc3ccccc3nc2CO)C(F)(F)F)s1. The number of hydrogen-bond donors (Lipinski definition) is 1. The van der Waals surface area contributed by atoms with Gasteiger partial charge in [-0.25, -0.2) is 15.0 Å². The highest BCUT2D eigenvalue weighted by Gasteiger charge is 2.45. The van der Waals surface area contributed by atoms with Crippen LogP contribution in [-0.2, 0) is 6.61 Å². The van der Waals surface area contributed by atoms with Gasteiger partial charge in [-0.1, -0.05) is 12.1 Å². The number of aromatic nitrogens is 3. The largest absolute Gasteiger partial charge is 0.457 e. The number of fused-ring (bicyclic) bond motifs is 1. The Hall–Kier alpha value is -2.59. The van der Waals surface area contributed by atoms with Crippen LogP contribution in [0.25, 0.3) is 11.0 Å². The number of nitrogens with zero attached hydrogens (tertiary/aromatic N) is 3. The summed E-state index contributed by atoms with van der Waals surface area (Å²) in [6, 6.07) is 6.54. The van der Waals surface area contributed by atoms with Crippen LogP contribution in [0.15, 0.2) is 30.5 Å². The molecule has 2 heterocycles. The molecule has 0 aliphatic carbocycles. The molecule has 3 rings (SSSR count). The highest BCUT2D eigenvalue weighted by atomic mass is 32.1. The number of Topliss-reactive ketones (excluding diaryl/α,β-unsaturated/α-hetero) is 1. The molecule has 0 aliphatic heterocycles. The Labute approximate surface area is 149 Å². The van der Waals surface area contributed by atoms with E-state index in [-0.39, 0.29) is 15.6 Å². The zero-order chi connectivity index (χ0) is 18.9. The molecule has 0 fully saturated rings. The summed E-state index contributed by atoms with van der Waals surface area (Å²) in [4.78, 5) is 22.8. The van der Waals surface area contributed by atoms with Crippen LogP contribution in [0.4, 0.5) is 13.2 Å². The lowest BCUT2D eigenvalue weighted by Gasteiger charge is -2.20. The zero-order valence-electron chi connectivity index (χ0n) is 13.3. The third-order valence-corrected chi connectivity index (χ3v) is 4.51. The molecule has 136 valence electrons. The number of hydrogen-bond acceptors (Lipinski definition) is 7. The summed E-state index contributed by atoms with van der Waals surface area (Å²) in [7, 11) is 0. The number of aliphatic hydroxyl groups excluding tert-OH is 1. The highest BCUT2D eigenvalue weighted by Crippen LogP contribution is 2.39. The van der Waals surface area contributed by atoms with E-state index in [4.69, 9.17) is 4.74 Å². The summed E-state index contributed by atoms with van der Waals surface area (Å²) < 4.78 is 45.6. The van der Waals surface area contributed by atoms with Gasteiger partial charge in [-0.2, -0.15) is 13.2 Å². The van der Waals surface area contributed by atoms with Gasteiger partial charge >= 0.3 is 6.18 Å². The van der Waals surface area contributed by atoms with Crippen molar-refractivity contribution in [1.29, 1.82) is 0 Å². The fourth-order valence-corrected chi connectivity index (χ4v) is 3.05. The number of aliphatic hydroxyl groups is 1. The smallest absolute Gasteiger partial charge is 0.430 e. The van der Waals surface area contributed by atoms with Crippen molar-refractivity contribution < 1.29 is 27.8 Å². The second-order valence-electron chi connectivity index (χ2n) is 5.29. The van der Waals surface area contributed by atoms with Gasteiger partial charge < -0.3 is 9.84 Å². The monoisotopic (exact) mass is 383 g/mol. The van der Waals surface area contributed by atoms with Crippen molar-refractivity contribution in [2.75, 3.05) is 0 Å². The number of alkyl halides is 3. The molecule has 1 aromatic carbocycles. The number of thiazole rings is 1. The molecule has 10 heteroatoms. The minimum absolute atomic E-state index is 0.0511. The molecule has 2 aromatic heterocycles. The van der Waals surface area contributed by atoms with E-state index in [2.05, 4.69) is 15.0 Å². The summed E-state index contributed by atoms with van der Waals surface area (Å²) in [5, 5.41) is 9.37. The van der Waals surface area contributed by atoms with Crippen molar-refractivity contribution in [3.8, 4) is 5.88 Å². The van der Waals surface area contributed by atoms with Crippen molar-refractivity contribution >= 4 is 28.2 Å². The van der Waals surface area contributed by atoms with Crippen LogP contribution in [0.5, 0.6) is 5.88 Å². The maximum atomic E-state index is 13.5. The lowest BCUT2D eigenvalue weighted by atomic mass is 10.3. The quantitative estimate of drug-likeness (QED) is 0.679. The van der Waals surface area contributed by atoms with Crippen LogP contribution in [0.3, 0.4) is 0 Å². The summed E-state index contributed by atoms with van der Waals surface area (Å²) in [6.45, 7) is 0.573. The maximum Gasteiger partial charge on any atom is 0.430 e. The third-order valence-electron chi connectivity index (χ3n) is 3.37. The van der Waals surface area contributed by atoms with Gasteiger partial charge in [0.15, 0.2) is 10.8 Å². The molecule has 0 aliphatic rings. The molecule has 1 unspecified atom stereocenters. The van der Waals surface area contributed by atoms with Crippen molar-refractivity contribution in [2.45, 2.75) is 25.8 Å². The molecule has 0 bridgehead atoms. The molecule has 0 amide bonds. The third kappa shape index (κ3) is 3.65. The van der Waals surface area contributed by atoms with Crippen molar-refractivity contribution in [3.05, 3.63) is 46.0 Å². The predicted molar refractivity (Wildman–Crippen MR) is 87.0 cm³/mol. The first-order valence-electron chi connectivity index (χ1n) is 7.36. The van der Waals surface area contributed by atoms with E-state index in [1.54, 1.807) is 24.3 Å². The Bertz CT molecular complexity index is 959. The van der Waals surface area contributed by atoms with Crippen molar-refractivity contribution in [2.24, 2.45) is 0 Å². The molecular formula is C16H12F3N3O3S. The molecule has 1 atom stereocenters. The molecular weight excluding hydrogens is 371 g/mol. The van der Waals surface area contributed by atoms with Crippen molar-refractivity contribution in [1.82, 2.24) is 15.0 Å². The number of rotatable bonds is 5. The maximum absolute atomic E-state index is 13.5. The number of halogens is 3. The summed E-state index contributed by atoms with van der Waals surface area (Å²) in [6.07, 6.45) is -6.21. The van der Waals surface area contributed by atoms with Gasteiger partial charge in [0.1, 0.15) is 5.69 Å². The van der Waals surface area contributed by atoms with Crippen LogP contribution in [0, 0.1) is 0 Å². The van der Waals surface area contributed by atoms with E-state index >= 15 is 0 Å². The predicted octanol–water partition coefficient (Wildman–Crippen LogP) is 3.46. The van der Waals surface area contributed by atoms with Gasteiger partial charge in [-0.05, 0) is 12.1 Å². The molecule has 26 heavy (non-hydrogen) atoms. The standard InChI is InChI=1S/C16H12F3N3O3S/c1-8(24)15-20-6-12(26-15)13(16(17,18)19)25-14-11(7-23)21-9-4-2-3-5-10(9)22-14/h2-6,13,23H,7H2,1H3. The number of benzene rings is 1. The van der Waals surface area contributed by atoms with Crippen molar-refractivity contribution in [3.63, 3.8) is 0 Å². The normalized spacial score (nSPS) is 13.0. The number of ketones is 1. The van der Waals surface area contributed by atoms with E-state index in [1.165, 1.54) is 6.92 Å². The van der Waals surface area contributed by atoms with Gasteiger partial charge in [0, 0.05) is 13.1 Å². The summed E-state index contributed by atoms with van der Waals surface area (Å²) >= 11 is 0.596. The van der Waals surface area contributed by atoms with Crippen LogP contribution in [-0.4, -0.2) is 32.0 Å². The summed E-state index contributed by atoms with van der Waals surface area (Å²) in [5.41, 5.74) is 0.632. The van der Waals surface area contributed by atoms with E-state index in [1.807, 2.05) is 0 Å². The number of para-hydroxylation sites is 2. The highest BCUT2D eigenvalue weighted by molar-refractivity contribution is 7.13. The van der Waals surface area contributed by atoms with E-state index in [0.717, 1.165) is 6.20 Å². The van der Waals surface area contributed by atoms with Gasteiger partial charge in [-0.3, -0.25) is 4.79 Å². The summed E-state index contributed by atoms with van der Waals surface area (Å²) in [5.74, 6) is -0.866. The molecule has 6 nitrogen and oxygen atoms in total. The fourth-order valence-electron chi connectivity index (χ4n) is 2.19. The second-order valence-corrected chi connectivity index (χ2v) is 6.35. The number of ether oxygens (including phenoxy) is 1. The lowest BCUT2D eigenvalue weighted by Crippen LogP contribution is -2.26. The van der Waals surface area contributed by atoms with Crippen LogP contribution in [0.2, 0.25) is 0 Å². The first-order valence-corrected chi connectivity index (χ1v) is 8.18. The van der Waals surface area contributed by atoms with Gasteiger partial charge in [0.2, 0.25) is 12.0 Å². The topological polar surface area (TPSA) is 85.2 Å². The van der Waals surface area contributed by atoms with E-state index < -0.39 is 30.6 Å². The molecule has 0 saturated heterocycles. The zero-order valence-corrected chi connectivity index (χ0v) is 14.1. The first-order chi connectivity index (χ1) is 12.3. The van der Waals surface area contributed by atoms with Crippen LogP contribution >= 0.6 is 11.3 Å². The Morgan fingerprint density at radius 3 is 2.46 bits per heavy atom. The van der Waals surface area contributed by atoms with Crippen LogP contribution in [0.1, 0.15) is 33.4 Å². The molecule has 3 aromatic rings. The average Bonchev–Trinajstić information content (AvgIpc) is 3.07. The molecule has 0 spiro atoms. The van der Waals surface area contributed by atoms with Gasteiger partial charge in [0.05, 0.1) is 22.5 Å². The van der Waals surface area contributed by atoms with E-state index in [9.17, 15) is 23.1 Å². The molecule has 1 N–H and O–H groups in total. The van der Waals surface area contributed by atoms with Crippen LogP contribution < -0.4 is 4.74 Å². The Kier molecular flexibility index (Phi) is 4.88. The Morgan fingerprint density at radius 2 is 1.92 bits per heavy atom. The molecule has 0 radical (unpaired) electrons. The second kappa shape index (κ2) is 6.96. The van der Waals surface area contributed by atoms with Gasteiger partial charge in [0.25, 0.3) is 0 Å². The lowest BCUT2D eigenvalue weighted by molar-refractivity contribution is -0.198. The minimum atomic E-state index is -4.78. The average molecular weight is 383 g/mol. The van der Waals surface area contributed by atoms with E-state index in [0.29, 0.717) is 22.4 Å². The number of carbonyl (C=O) groups is 1. The molecule has 0 saturated carbocycles. The minimum Gasteiger partial charge on any atom is -0.457 e. The van der Waals surface area contributed by atoms with Gasteiger partial charge in [-0.15, -0.1) is 11.3 Å².